The number of aromatic amines is 1. The smallest absolute Gasteiger partial charge is 0.271 e. The quantitative estimate of drug-likeness (QED) is 0.868. The van der Waals surface area contributed by atoms with Crippen molar-refractivity contribution in [3.8, 4) is 0 Å². The number of carbonyl (C=O) groups is 1. The van der Waals surface area contributed by atoms with Gasteiger partial charge in [0.1, 0.15) is 11.5 Å². The SMILES string of the molecule is Cc1ncc2c(n1)C1(CCCN(C(=O)c3ccn[nH]3)C1)CC2. The first-order chi connectivity index (χ1) is 10.7. The van der Waals surface area contributed by atoms with Crippen molar-refractivity contribution in [2.24, 2.45) is 0 Å². The molecule has 2 aliphatic rings. The summed E-state index contributed by atoms with van der Waals surface area (Å²) in [5.74, 6) is 0.854. The van der Waals surface area contributed by atoms with E-state index in [1.54, 1.807) is 12.3 Å². The summed E-state index contributed by atoms with van der Waals surface area (Å²) in [6, 6.07) is 1.73. The molecule has 0 saturated carbocycles. The standard InChI is InChI=1S/C16H19N5O/c1-11-17-9-12-3-6-16(14(12)19-11)5-2-8-21(10-16)15(22)13-4-7-18-20-13/h4,7,9H,2-3,5-6,8,10H2,1H3,(H,18,20). The Kier molecular flexibility index (Phi) is 2.99. The van der Waals surface area contributed by atoms with Crippen LogP contribution >= 0.6 is 0 Å². The Hall–Kier alpha value is -2.24. The molecule has 114 valence electrons. The number of piperidine rings is 1. The lowest BCUT2D eigenvalue weighted by Gasteiger charge is -2.40. The van der Waals surface area contributed by atoms with E-state index in [2.05, 4.69) is 15.2 Å². The first-order valence-corrected chi connectivity index (χ1v) is 7.80. The van der Waals surface area contributed by atoms with E-state index in [1.807, 2.05) is 18.0 Å². The number of nitrogens with zero attached hydrogens (tertiary/aromatic N) is 4. The van der Waals surface area contributed by atoms with Gasteiger partial charge in [0.2, 0.25) is 0 Å². The third-order valence-corrected chi connectivity index (χ3v) is 4.96. The molecule has 3 heterocycles. The van der Waals surface area contributed by atoms with Crippen LogP contribution in [0.2, 0.25) is 0 Å². The summed E-state index contributed by atoms with van der Waals surface area (Å²) < 4.78 is 0. The van der Waals surface area contributed by atoms with E-state index in [-0.39, 0.29) is 11.3 Å². The molecule has 1 atom stereocenters. The highest BCUT2D eigenvalue weighted by atomic mass is 16.2. The average Bonchev–Trinajstić information content (AvgIpc) is 3.17. The molecule has 1 aliphatic carbocycles. The first kappa shape index (κ1) is 13.4. The van der Waals surface area contributed by atoms with Gasteiger partial charge in [-0.15, -0.1) is 0 Å². The van der Waals surface area contributed by atoms with Crippen LogP contribution in [0.4, 0.5) is 0 Å². The van der Waals surface area contributed by atoms with Gasteiger partial charge >= 0.3 is 0 Å². The van der Waals surface area contributed by atoms with Gasteiger partial charge in [-0.25, -0.2) is 9.97 Å². The number of H-pyrrole nitrogens is 1. The highest BCUT2D eigenvalue weighted by Crippen LogP contribution is 2.43. The number of hydrogen-bond acceptors (Lipinski definition) is 4. The van der Waals surface area contributed by atoms with E-state index in [1.165, 1.54) is 11.3 Å². The molecule has 1 N–H and O–H groups in total. The Bertz CT molecular complexity index is 707. The number of hydrogen-bond donors (Lipinski definition) is 1. The van der Waals surface area contributed by atoms with Crippen molar-refractivity contribution in [1.29, 1.82) is 0 Å². The van der Waals surface area contributed by atoms with Crippen molar-refractivity contribution in [2.45, 2.75) is 38.0 Å². The third kappa shape index (κ3) is 2.01. The Labute approximate surface area is 129 Å². The minimum absolute atomic E-state index is 0.0109. The zero-order valence-electron chi connectivity index (χ0n) is 12.7. The summed E-state index contributed by atoms with van der Waals surface area (Å²) in [7, 11) is 0. The van der Waals surface area contributed by atoms with Crippen LogP contribution in [0.1, 0.15) is 46.8 Å². The fourth-order valence-electron chi connectivity index (χ4n) is 3.88. The molecule has 6 nitrogen and oxygen atoms in total. The predicted molar refractivity (Wildman–Crippen MR) is 80.5 cm³/mol. The lowest BCUT2D eigenvalue weighted by atomic mass is 9.77. The number of amides is 1. The van der Waals surface area contributed by atoms with Gasteiger partial charge in [0.05, 0.1) is 5.69 Å². The van der Waals surface area contributed by atoms with E-state index in [9.17, 15) is 4.79 Å². The topological polar surface area (TPSA) is 74.8 Å². The van der Waals surface area contributed by atoms with E-state index >= 15 is 0 Å². The Morgan fingerprint density at radius 3 is 3.14 bits per heavy atom. The van der Waals surface area contributed by atoms with Crippen LogP contribution in [0, 0.1) is 6.92 Å². The molecule has 4 rings (SSSR count). The summed E-state index contributed by atoms with van der Waals surface area (Å²) in [5, 5.41) is 6.66. The number of rotatable bonds is 1. The number of aromatic nitrogens is 4. The molecule has 22 heavy (non-hydrogen) atoms. The van der Waals surface area contributed by atoms with Crippen LogP contribution in [0.3, 0.4) is 0 Å². The number of nitrogens with one attached hydrogen (secondary N) is 1. The number of likely N-dealkylation sites (tertiary alicyclic amines) is 1. The van der Waals surface area contributed by atoms with Gasteiger partial charge in [-0.3, -0.25) is 9.89 Å². The van der Waals surface area contributed by atoms with E-state index in [0.717, 1.165) is 44.6 Å². The van der Waals surface area contributed by atoms with Crippen LogP contribution in [0.15, 0.2) is 18.5 Å². The fourth-order valence-corrected chi connectivity index (χ4v) is 3.88. The maximum absolute atomic E-state index is 12.6. The van der Waals surface area contributed by atoms with Crippen molar-refractivity contribution in [1.82, 2.24) is 25.1 Å². The van der Waals surface area contributed by atoms with Crippen LogP contribution < -0.4 is 0 Å². The van der Waals surface area contributed by atoms with Crippen molar-refractivity contribution in [3.05, 3.63) is 41.2 Å². The fraction of sp³-hybridized carbons (Fsp3) is 0.500. The largest absolute Gasteiger partial charge is 0.336 e. The summed E-state index contributed by atoms with van der Waals surface area (Å²) in [6.45, 7) is 3.48. The molecule has 0 radical (unpaired) electrons. The Morgan fingerprint density at radius 2 is 2.32 bits per heavy atom. The van der Waals surface area contributed by atoms with Crippen molar-refractivity contribution in [2.75, 3.05) is 13.1 Å². The van der Waals surface area contributed by atoms with Crippen LogP contribution in [0.5, 0.6) is 0 Å². The molecule has 1 fully saturated rings. The molecule has 1 spiro atoms. The second kappa shape index (κ2) is 4.90. The summed E-state index contributed by atoms with van der Waals surface area (Å²) in [4.78, 5) is 23.6. The van der Waals surface area contributed by atoms with E-state index in [0.29, 0.717) is 5.69 Å². The molecule has 0 aromatic carbocycles. The molecule has 0 bridgehead atoms. The van der Waals surface area contributed by atoms with Gasteiger partial charge in [-0.1, -0.05) is 0 Å². The molecule has 6 heteroatoms. The average molecular weight is 297 g/mol. The van der Waals surface area contributed by atoms with Gasteiger partial charge in [-0.05, 0) is 44.2 Å². The van der Waals surface area contributed by atoms with Crippen molar-refractivity contribution in [3.63, 3.8) is 0 Å². The van der Waals surface area contributed by atoms with Crippen molar-refractivity contribution >= 4 is 5.91 Å². The molecule has 1 aliphatic heterocycles. The predicted octanol–water partition coefficient (Wildman–Crippen LogP) is 1.63. The monoisotopic (exact) mass is 297 g/mol. The third-order valence-electron chi connectivity index (χ3n) is 4.96. The zero-order valence-corrected chi connectivity index (χ0v) is 12.7. The van der Waals surface area contributed by atoms with Crippen LogP contribution in [0.25, 0.3) is 0 Å². The van der Waals surface area contributed by atoms with Gasteiger partial charge in [0.15, 0.2) is 0 Å². The highest BCUT2D eigenvalue weighted by Gasteiger charge is 2.44. The molecule has 1 unspecified atom stereocenters. The lowest BCUT2D eigenvalue weighted by molar-refractivity contribution is 0.0627. The summed E-state index contributed by atoms with van der Waals surface area (Å²) >= 11 is 0. The van der Waals surface area contributed by atoms with Crippen LogP contribution in [-0.2, 0) is 11.8 Å². The van der Waals surface area contributed by atoms with Gasteiger partial charge in [0.25, 0.3) is 5.91 Å². The molecule has 1 saturated heterocycles. The van der Waals surface area contributed by atoms with E-state index in [4.69, 9.17) is 4.98 Å². The summed E-state index contributed by atoms with van der Waals surface area (Å²) in [5.41, 5.74) is 2.99. The maximum atomic E-state index is 12.6. The van der Waals surface area contributed by atoms with E-state index < -0.39 is 0 Å². The molecular formula is C16H19N5O. The second-order valence-corrected chi connectivity index (χ2v) is 6.37. The van der Waals surface area contributed by atoms with Gasteiger partial charge in [-0.2, -0.15) is 5.10 Å². The summed E-state index contributed by atoms with van der Waals surface area (Å²) in [6.07, 6.45) is 7.77. The molecular weight excluding hydrogens is 278 g/mol. The highest BCUT2D eigenvalue weighted by molar-refractivity contribution is 5.92. The minimum atomic E-state index is 0.0109. The second-order valence-electron chi connectivity index (χ2n) is 6.37. The minimum Gasteiger partial charge on any atom is -0.336 e. The number of aryl methyl sites for hydroxylation is 2. The zero-order chi connectivity index (χ0) is 15.2. The number of fused-ring (bicyclic) bond motifs is 2. The molecule has 2 aromatic rings. The normalized spacial score (nSPS) is 23.8. The van der Waals surface area contributed by atoms with Gasteiger partial charge in [0, 0.05) is 30.9 Å². The molecule has 1 amide bonds. The van der Waals surface area contributed by atoms with Gasteiger partial charge < -0.3 is 4.90 Å². The lowest BCUT2D eigenvalue weighted by Crippen LogP contribution is -2.48. The molecule has 2 aromatic heterocycles. The van der Waals surface area contributed by atoms with Crippen molar-refractivity contribution < 1.29 is 4.79 Å². The Balaban J connectivity index is 1.65. The maximum Gasteiger partial charge on any atom is 0.271 e. The Morgan fingerprint density at radius 1 is 1.41 bits per heavy atom. The first-order valence-electron chi connectivity index (χ1n) is 7.80. The van der Waals surface area contributed by atoms with Crippen LogP contribution in [-0.4, -0.2) is 44.1 Å². The number of carbonyl (C=O) groups excluding carboxylic acids is 1.